The highest BCUT2D eigenvalue weighted by Gasteiger charge is 2.46. The van der Waals surface area contributed by atoms with E-state index in [2.05, 4.69) is 4.52 Å². The number of alkyl halides is 3. The van der Waals surface area contributed by atoms with Gasteiger partial charge in [0, 0.05) is 16.2 Å². The minimum absolute atomic E-state index is 0.153. The van der Waals surface area contributed by atoms with Crippen molar-refractivity contribution in [2.75, 3.05) is 32.6 Å². The summed E-state index contributed by atoms with van der Waals surface area (Å²) in [6, 6.07) is 3.24. The first-order valence-electron chi connectivity index (χ1n) is 9.87. The maximum absolute atomic E-state index is 12.7. The van der Waals surface area contributed by atoms with E-state index in [1.807, 2.05) is 4.72 Å². The van der Waals surface area contributed by atoms with Crippen LogP contribution >= 0.6 is 19.4 Å². The molecule has 0 aliphatic heterocycles. The lowest BCUT2D eigenvalue weighted by Crippen LogP contribution is -2.26. The number of nitrogens with one attached hydrogen (secondary N) is 1. The van der Waals surface area contributed by atoms with Gasteiger partial charge in [-0.1, -0.05) is 0 Å². The first-order valence-corrected chi connectivity index (χ1v) is 13.5. The zero-order chi connectivity index (χ0) is 25.5. The average Bonchev–Trinajstić information content (AvgIpc) is 3.08. The van der Waals surface area contributed by atoms with Crippen molar-refractivity contribution < 1.29 is 44.9 Å². The van der Waals surface area contributed by atoms with Crippen molar-refractivity contribution in [1.29, 1.82) is 0 Å². The van der Waals surface area contributed by atoms with Crippen molar-refractivity contribution in [1.82, 2.24) is 4.72 Å². The lowest BCUT2D eigenvalue weighted by atomic mass is 10.2. The van der Waals surface area contributed by atoms with Crippen molar-refractivity contribution in [2.24, 2.45) is 11.5 Å². The van der Waals surface area contributed by atoms with Crippen LogP contribution in [0.3, 0.4) is 0 Å². The normalized spacial score (nSPS) is 12.6. The lowest BCUT2D eigenvalue weighted by Gasteiger charge is -2.13. The Bertz CT molecular complexity index is 1140. The number of carbonyl (C=O) groups is 1. The van der Waals surface area contributed by atoms with E-state index in [1.54, 1.807) is 12.1 Å². The average molecular weight is 547 g/mol. The number of carbonyl (C=O) groups excluding carboxylic acids is 1. The zero-order valence-electron chi connectivity index (χ0n) is 18.0. The third-order valence-corrected chi connectivity index (χ3v) is 8.49. The molecule has 16 heteroatoms. The predicted molar refractivity (Wildman–Crippen MR) is 120 cm³/mol. The lowest BCUT2D eigenvalue weighted by molar-refractivity contribution is -0.189. The van der Waals surface area contributed by atoms with Gasteiger partial charge in [0.15, 0.2) is 11.5 Å². The second kappa shape index (κ2) is 12.1. The van der Waals surface area contributed by atoms with Crippen molar-refractivity contribution in [3.8, 4) is 11.5 Å². The van der Waals surface area contributed by atoms with Crippen LogP contribution in [0.15, 0.2) is 16.3 Å². The monoisotopic (exact) mass is 546 g/mol. The van der Waals surface area contributed by atoms with Gasteiger partial charge < -0.3 is 20.9 Å². The molecule has 0 amide bonds. The smallest absolute Gasteiger partial charge is 0.490 e. The highest BCUT2D eigenvalue weighted by atomic mass is 32.2. The second-order valence-corrected chi connectivity index (χ2v) is 11.0. The van der Waals surface area contributed by atoms with E-state index >= 15 is 0 Å². The van der Waals surface area contributed by atoms with Gasteiger partial charge in [-0.2, -0.15) is 17.9 Å². The molecule has 0 aliphatic rings. The standard InChI is InChI=1S/C18H24F3N3O7PS2/c1-11-12-8-13(29-6-2-4-22)14(30-7-3-5-23)9-15(12)33-16(11)34(27,28)24-10-32(26)31-17(25)18(19,20)21/h8-9,24H,2-7,10,22-23H2,1H3/q+1. The molecule has 0 fully saturated rings. The van der Waals surface area contributed by atoms with Gasteiger partial charge in [0.2, 0.25) is 0 Å². The molecule has 10 nitrogen and oxygen atoms in total. The SMILES string of the molecule is Cc1c(S(=O)(=O)NC[P+](=O)OC(=O)C(F)(F)F)sc2cc(OCCCN)c(OCCCN)cc12. The summed E-state index contributed by atoms with van der Waals surface area (Å²) in [5.41, 5.74) is 11.3. The topological polar surface area (TPSA) is 160 Å². The summed E-state index contributed by atoms with van der Waals surface area (Å²) in [5, 5.41) is 0.548. The summed E-state index contributed by atoms with van der Waals surface area (Å²) in [6.07, 6.45) is -5.19. The van der Waals surface area contributed by atoms with E-state index in [0.717, 1.165) is 11.3 Å². The van der Waals surface area contributed by atoms with Gasteiger partial charge in [0.05, 0.1) is 13.2 Å². The largest absolute Gasteiger partial charge is 0.576 e. The Hall–Kier alpha value is -2.03. The Labute approximate surface area is 198 Å². The number of fused-ring (bicyclic) bond motifs is 1. The summed E-state index contributed by atoms with van der Waals surface area (Å²) in [5.74, 6) is -1.90. The van der Waals surface area contributed by atoms with Gasteiger partial charge in [-0.25, -0.2) is 17.7 Å². The van der Waals surface area contributed by atoms with Crippen LogP contribution in [0.5, 0.6) is 11.5 Å². The number of hydrogen-bond acceptors (Lipinski definition) is 10. The van der Waals surface area contributed by atoms with E-state index in [-0.39, 0.29) is 4.21 Å². The summed E-state index contributed by atoms with van der Waals surface area (Å²) >= 11 is 0.878. The van der Waals surface area contributed by atoms with Gasteiger partial charge in [-0.3, -0.25) is 0 Å². The highest BCUT2D eigenvalue weighted by Crippen LogP contribution is 2.41. The maximum atomic E-state index is 12.7. The van der Waals surface area contributed by atoms with E-state index in [1.165, 1.54) is 6.92 Å². The first kappa shape index (κ1) is 28.2. The molecule has 0 saturated heterocycles. The van der Waals surface area contributed by atoms with Crippen LogP contribution in [0, 0.1) is 6.92 Å². The molecule has 1 unspecified atom stereocenters. The molecule has 0 spiro atoms. The van der Waals surface area contributed by atoms with Crippen LogP contribution in [-0.4, -0.2) is 53.2 Å². The van der Waals surface area contributed by atoms with Crippen LogP contribution in [0.2, 0.25) is 0 Å². The number of thiophene rings is 1. The molecule has 1 aromatic heterocycles. The van der Waals surface area contributed by atoms with Crippen LogP contribution < -0.4 is 25.7 Å². The van der Waals surface area contributed by atoms with Crippen molar-refractivity contribution in [3.63, 3.8) is 0 Å². The maximum Gasteiger partial charge on any atom is 0.576 e. The number of sulfonamides is 1. The highest BCUT2D eigenvalue weighted by molar-refractivity contribution is 7.92. The predicted octanol–water partition coefficient (Wildman–Crippen LogP) is 2.75. The number of aryl methyl sites for hydroxylation is 1. The summed E-state index contributed by atoms with van der Waals surface area (Å²) in [4.78, 5) is 10.7. The molecule has 1 heterocycles. The number of rotatable bonds is 13. The summed E-state index contributed by atoms with van der Waals surface area (Å²) < 4.78 is 91.2. The molecule has 1 aromatic carbocycles. The first-order chi connectivity index (χ1) is 15.9. The molecule has 0 aliphatic carbocycles. The fourth-order valence-corrected chi connectivity index (χ4v) is 6.53. The molecule has 2 rings (SSSR count). The van der Waals surface area contributed by atoms with Crippen molar-refractivity contribution in [2.45, 2.75) is 30.2 Å². The molecule has 0 radical (unpaired) electrons. The summed E-state index contributed by atoms with van der Waals surface area (Å²) in [6.45, 7) is 3.00. The number of benzene rings is 1. The van der Waals surface area contributed by atoms with Crippen LogP contribution in [0.1, 0.15) is 18.4 Å². The Morgan fingerprint density at radius 2 is 1.68 bits per heavy atom. The number of ether oxygens (including phenoxy) is 2. The second-order valence-electron chi connectivity index (χ2n) is 6.81. The fourth-order valence-electron chi connectivity index (χ4n) is 2.60. The van der Waals surface area contributed by atoms with Crippen LogP contribution in [0.25, 0.3) is 10.1 Å². The van der Waals surface area contributed by atoms with Crippen molar-refractivity contribution >= 4 is 45.4 Å². The zero-order valence-corrected chi connectivity index (χ0v) is 20.5. The Morgan fingerprint density at radius 3 is 2.21 bits per heavy atom. The minimum atomic E-state index is -5.35. The van der Waals surface area contributed by atoms with Crippen LogP contribution in [-0.2, 0) is 23.9 Å². The molecular formula is C18H24F3N3O7PS2+. The van der Waals surface area contributed by atoms with Gasteiger partial charge in [0.1, 0.15) is 4.21 Å². The molecule has 0 bridgehead atoms. The molecule has 2 aromatic rings. The Balaban J connectivity index is 2.28. The molecule has 1 atom stereocenters. The molecule has 190 valence electrons. The fraction of sp³-hybridized carbons (Fsp3) is 0.500. The number of hydrogen-bond donors (Lipinski definition) is 3. The third-order valence-electron chi connectivity index (χ3n) is 4.21. The number of halogens is 3. The van der Waals surface area contributed by atoms with Gasteiger partial charge in [0.25, 0.3) is 16.3 Å². The van der Waals surface area contributed by atoms with Crippen LogP contribution in [0.4, 0.5) is 13.2 Å². The molecule has 5 N–H and O–H groups in total. The molecule has 0 saturated carbocycles. The molecular weight excluding hydrogens is 522 g/mol. The van der Waals surface area contributed by atoms with Crippen molar-refractivity contribution in [3.05, 3.63) is 17.7 Å². The van der Waals surface area contributed by atoms with E-state index in [9.17, 15) is 30.9 Å². The van der Waals surface area contributed by atoms with E-state index in [0.29, 0.717) is 66.3 Å². The minimum Gasteiger partial charge on any atom is -0.490 e. The number of nitrogens with two attached hydrogens (primary N) is 2. The van der Waals surface area contributed by atoms with E-state index in [4.69, 9.17) is 20.9 Å². The summed E-state index contributed by atoms with van der Waals surface area (Å²) in [7, 11) is -7.55. The quantitative estimate of drug-likeness (QED) is 0.254. The molecule has 34 heavy (non-hydrogen) atoms. The van der Waals surface area contributed by atoms with Gasteiger partial charge in [-0.05, 0) is 49.0 Å². The Morgan fingerprint density at radius 1 is 1.12 bits per heavy atom. The third kappa shape index (κ3) is 7.48. The Kier molecular flexibility index (Phi) is 10.0. The van der Waals surface area contributed by atoms with E-state index < -0.39 is 36.5 Å². The van der Waals surface area contributed by atoms with Gasteiger partial charge in [-0.15, -0.1) is 11.3 Å². The van der Waals surface area contributed by atoms with Gasteiger partial charge >= 0.3 is 20.2 Å².